The van der Waals surface area contributed by atoms with Crippen molar-refractivity contribution in [3.63, 3.8) is 0 Å². The molecule has 0 radical (unpaired) electrons. The Labute approximate surface area is 152 Å². The lowest BCUT2D eigenvalue weighted by atomic mass is 10.2. The number of carbonyl (C=O) groups excluding carboxylic acids is 1. The summed E-state index contributed by atoms with van der Waals surface area (Å²) in [6.45, 7) is 1.95. The Morgan fingerprint density at radius 3 is 2.54 bits per heavy atom. The third-order valence-corrected chi connectivity index (χ3v) is 4.78. The number of nitrogens with zero attached hydrogens (tertiary/aromatic N) is 5. The van der Waals surface area contributed by atoms with Gasteiger partial charge in [-0.25, -0.2) is 9.67 Å². The van der Waals surface area contributed by atoms with E-state index in [1.807, 2.05) is 60.1 Å². The summed E-state index contributed by atoms with van der Waals surface area (Å²) >= 11 is 0. The third kappa shape index (κ3) is 3.10. The van der Waals surface area contributed by atoms with Gasteiger partial charge in [-0.2, -0.15) is 0 Å². The zero-order chi connectivity index (χ0) is 18.1. The van der Waals surface area contributed by atoms with Gasteiger partial charge in [-0.15, -0.1) is 5.10 Å². The van der Waals surface area contributed by atoms with E-state index in [1.54, 1.807) is 18.1 Å². The molecule has 2 heterocycles. The van der Waals surface area contributed by atoms with Gasteiger partial charge in [-0.3, -0.25) is 9.78 Å². The highest BCUT2D eigenvalue weighted by molar-refractivity contribution is 5.90. The lowest BCUT2D eigenvalue weighted by Crippen LogP contribution is -2.31. The zero-order valence-corrected chi connectivity index (χ0v) is 14.9. The molecule has 6 nitrogen and oxygen atoms in total. The maximum absolute atomic E-state index is 13.0. The minimum atomic E-state index is -0.195. The molecule has 6 heteroatoms. The van der Waals surface area contributed by atoms with E-state index in [4.69, 9.17) is 0 Å². The predicted octanol–water partition coefficient (Wildman–Crippen LogP) is 3.37. The van der Waals surface area contributed by atoms with Gasteiger partial charge in [0.05, 0.1) is 17.4 Å². The van der Waals surface area contributed by atoms with E-state index in [1.165, 1.54) is 0 Å². The molecule has 1 atom stereocenters. The summed E-state index contributed by atoms with van der Waals surface area (Å²) < 4.78 is 1.81. The van der Waals surface area contributed by atoms with Crippen molar-refractivity contribution in [1.82, 2.24) is 24.6 Å². The van der Waals surface area contributed by atoms with Crippen LogP contribution < -0.4 is 0 Å². The van der Waals surface area contributed by atoms with Crippen molar-refractivity contribution >= 4 is 5.91 Å². The summed E-state index contributed by atoms with van der Waals surface area (Å²) in [7, 11) is 1.77. The number of carbonyl (C=O) groups is 1. The Morgan fingerprint density at radius 2 is 1.88 bits per heavy atom. The summed E-state index contributed by atoms with van der Waals surface area (Å²) in [6.07, 6.45) is 3.93. The fourth-order valence-electron chi connectivity index (χ4n) is 2.93. The Balaban J connectivity index is 1.64. The minimum absolute atomic E-state index is 0.156. The van der Waals surface area contributed by atoms with Gasteiger partial charge in [0.1, 0.15) is 5.82 Å². The number of aromatic nitrogens is 4. The molecular formula is C20H21N5O. The van der Waals surface area contributed by atoms with Crippen LogP contribution in [0.5, 0.6) is 0 Å². The molecular weight excluding hydrogens is 326 g/mol. The van der Waals surface area contributed by atoms with Gasteiger partial charge < -0.3 is 4.90 Å². The highest BCUT2D eigenvalue weighted by Gasteiger charge is 2.32. The first-order chi connectivity index (χ1) is 12.6. The van der Waals surface area contributed by atoms with Crippen LogP contribution >= 0.6 is 0 Å². The number of rotatable bonds is 5. The second kappa shape index (κ2) is 6.71. The number of benzene rings is 1. The van der Waals surface area contributed by atoms with E-state index in [-0.39, 0.29) is 17.8 Å². The van der Waals surface area contributed by atoms with Gasteiger partial charge in [-0.1, -0.05) is 24.3 Å². The highest BCUT2D eigenvalue weighted by atomic mass is 16.2. The van der Waals surface area contributed by atoms with Gasteiger partial charge >= 0.3 is 0 Å². The van der Waals surface area contributed by atoms with Gasteiger partial charge in [0.25, 0.3) is 5.91 Å². The van der Waals surface area contributed by atoms with Crippen molar-refractivity contribution in [2.75, 3.05) is 7.05 Å². The van der Waals surface area contributed by atoms with Crippen molar-refractivity contribution in [2.24, 2.45) is 0 Å². The monoisotopic (exact) mass is 347 g/mol. The Morgan fingerprint density at radius 1 is 1.15 bits per heavy atom. The summed E-state index contributed by atoms with van der Waals surface area (Å²) in [5, 5.41) is 4.53. The van der Waals surface area contributed by atoms with E-state index in [0.29, 0.717) is 5.92 Å². The smallest absolute Gasteiger partial charge is 0.293 e. The molecule has 1 amide bonds. The van der Waals surface area contributed by atoms with Crippen molar-refractivity contribution in [3.05, 3.63) is 72.1 Å². The lowest BCUT2D eigenvalue weighted by molar-refractivity contribution is 0.0727. The van der Waals surface area contributed by atoms with Gasteiger partial charge in [0.15, 0.2) is 0 Å². The molecule has 1 fully saturated rings. The quantitative estimate of drug-likeness (QED) is 0.710. The van der Waals surface area contributed by atoms with Crippen LogP contribution in [0.15, 0.2) is 54.7 Å². The summed E-state index contributed by atoms with van der Waals surface area (Å²) in [5.74, 6) is 1.31. The first kappa shape index (κ1) is 16.4. The molecule has 26 heavy (non-hydrogen) atoms. The van der Waals surface area contributed by atoms with Crippen LogP contribution in [0.4, 0.5) is 0 Å². The Kier molecular flexibility index (Phi) is 4.24. The van der Waals surface area contributed by atoms with Crippen molar-refractivity contribution < 1.29 is 4.79 Å². The van der Waals surface area contributed by atoms with E-state index < -0.39 is 0 Å². The van der Waals surface area contributed by atoms with Crippen LogP contribution in [0.1, 0.15) is 53.9 Å². The van der Waals surface area contributed by atoms with E-state index in [9.17, 15) is 4.79 Å². The van der Waals surface area contributed by atoms with E-state index >= 15 is 0 Å². The van der Waals surface area contributed by atoms with Gasteiger partial charge in [0, 0.05) is 19.2 Å². The summed E-state index contributed by atoms with van der Waals surface area (Å²) in [6, 6.07) is 15.4. The van der Waals surface area contributed by atoms with Crippen molar-refractivity contribution in [2.45, 2.75) is 31.7 Å². The molecule has 132 valence electrons. The molecule has 1 aliphatic rings. The fourth-order valence-corrected chi connectivity index (χ4v) is 2.93. The van der Waals surface area contributed by atoms with Gasteiger partial charge in [0.2, 0.25) is 5.82 Å². The molecule has 1 aliphatic carbocycles. The number of amides is 1. The number of para-hydroxylation sites is 1. The molecule has 4 rings (SSSR count). The van der Waals surface area contributed by atoms with Crippen LogP contribution in [0.2, 0.25) is 0 Å². The molecule has 0 saturated heterocycles. The SMILES string of the molecule is CC(c1ccccn1)N(C)C(=O)c1nc(C2CC2)n(-c2ccccc2)n1. The standard InChI is InChI=1S/C20H21N5O/c1-14(17-10-6-7-13-21-17)24(2)20(26)18-22-19(15-11-12-15)25(23-18)16-8-4-3-5-9-16/h3-10,13-15H,11-12H2,1-2H3. The molecule has 0 bridgehead atoms. The molecule has 1 aromatic carbocycles. The summed E-state index contributed by atoms with van der Waals surface area (Å²) in [5.41, 5.74) is 1.77. The molecule has 0 aliphatic heterocycles. The zero-order valence-electron chi connectivity index (χ0n) is 14.9. The molecule has 1 saturated carbocycles. The third-order valence-electron chi connectivity index (χ3n) is 4.78. The fraction of sp³-hybridized carbons (Fsp3) is 0.300. The first-order valence-electron chi connectivity index (χ1n) is 8.85. The first-order valence-corrected chi connectivity index (χ1v) is 8.85. The predicted molar refractivity (Wildman–Crippen MR) is 98.1 cm³/mol. The number of hydrogen-bond acceptors (Lipinski definition) is 4. The largest absolute Gasteiger partial charge is 0.331 e. The minimum Gasteiger partial charge on any atom is -0.331 e. The Hall–Kier alpha value is -3.02. The second-order valence-corrected chi connectivity index (χ2v) is 6.66. The topological polar surface area (TPSA) is 63.9 Å². The maximum atomic E-state index is 13.0. The lowest BCUT2D eigenvalue weighted by Gasteiger charge is -2.23. The average Bonchev–Trinajstić information content (AvgIpc) is 3.45. The average molecular weight is 347 g/mol. The molecule has 1 unspecified atom stereocenters. The number of hydrogen-bond donors (Lipinski definition) is 0. The number of pyridine rings is 1. The molecule has 0 spiro atoms. The molecule has 3 aromatic rings. The van der Waals surface area contributed by atoms with Crippen LogP contribution in [-0.4, -0.2) is 37.6 Å². The summed E-state index contributed by atoms with van der Waals surface area (Å²) in [4.78, 5) is 23.5. The Bertz CT molecular complexity index is 902. The van der Waals surface area contributed by atoms with E-state index in [0.717, 1.165) is 30.0 Å². The van der Waals surface area contributed by atoms with Crippen LogP contribution in [0.25, 0.3) is 5.69 Å². The highest BCUT2D eigenvalue weighted by Crippen LogP contribution is 2.39. The van der Waals surface area contributed by atoms with Gasteiger partial charge in [-0.05, 0) is 44.0 Å². The van der Waals surface area contributed by atoms with Crippen LogP contribution in [0, 0.1) is 0 Å². The van der Waals surface area contributed by atoms with Crippen molar-refractivity contribution in [3.8, 4) is 5.69 Å². The normalized spacial score (nSPS) is 14.8. The van der Waals surface area contributed by atoms with Crippen molar-refractivity contribution in [1.29, 1.82) is 0 Å². The van der Waals surface area contributed by atoms with Crippen LogP contribution in [0.3, 0.4) is 0 Å². The van der Waals surface area contributed by atoms with E-state index in [2.05, 4.69) is 15.1 Å². The van der Waals surface area contributed by atoms with Crippen LogP contribution in [-0.2, 0) is 0 Å². The molecule has 0 N–H and O–H groups in total. The second-order valence-electron chi connectivity index (χ2n) is 6.66. The molecule has 2 aromatic heterocycles. The maximum Gasteiger partial charge on any atom is 0.293 e.